The Morgan fingerprint density at radius 1 is 1.60 bits per heavy atom. The summed E-state index contributed by atoms with van der Waals surface area (Å²) in [4.78, 5) is 0. The van der Waals surface area contributed by atoms with Gasteiger partial charge >= 0.3 is 0 Å². The van der Waals surface area contributed by atoms with Gasteiger partial charge in [-0.3, -0.25) is 4.39 Å². The lowest BCUT2D eigenvalue weighted by Gasteiger charge is -2.03. The predicted molar refractivity (Wildman–Crippen MR) is 57.2 cm³/mol. The summed E-state index contributed by atoms with van der Waals surface area (Å²) >= 11 is 0. The molecule has 0 aliphatic carbocycles. The zero-order chi connectivity index (χ0) is 11.3. The monoisotopic (exact) mass is 209 g/mol. The second-order valence-electron chi connectivity index (χ2n) is 3.53. The van der Waals surface area contributed by atoms with E-state index in [1.807, 2.05) is 24.6 Å². The third-order valence-electron chi connectivity index (χ3n) is 2.56. The number of hydrogen-bond donors (Lipinski definition) is 1. The summed E-state index contributed by atoms with van der Waals surface area (Å²) < 4.78 is 13.7. The van der Waals surface area contributed by atoms with Gasteiger partial charge in [0.15, 0.2) is 0 Å². The average molecular weight is 209 g/mol. The topological polar surface area (TPSA) is 40.8 Å². The molecule has 4 heteroatoms. The molecule has 0 spiro atoms. The van der Waals surface area contributed by atoms with Gasteiger partial charge in [-0.05, 0) is 31.5 Å². The fraction of sp³-hybridized carbons (Fsp3) is 0.545. The lowest BCUT2D eigenvalue weighted by Crippen LogP contribution is -2.15. The fourth-order valence-electron chi connectivity index (χ4n) is 1.46. The molecule has 0 aliphatic rings. The summed E-state index contributed by atoms with van der Waals surface area (Å²) in [6, 6.07) is 4.01. The Balaban J connectivity index is 2.59. The van der Waals surface area contributed by atoms with Gasteiger partial charge in [0.25, 0.3) is 0 Å². The maximum atomic E-state index is 11.8. The standard InChI is InChI=1S/C11H16FN3/c1-9-10(8-14-5-3-4-12)6-11(7-13)15(9)2/h6,14H,3-5,8H2,1-2H3. The van der Waals surface area contributed by atoms with Crippen LogP contribution in [0.3, 0.4) is 0 Å². The van der Waals surface area contributed by atoms with Crippen LogP contribution in [-0.4, -0.2) is 17.8 Å². The molecule has 1 N–H and O–H groups in total. The lowest BCUT2D eigenvalue weighted by atomic mass is 10.2. The molecule has 82 valence electrons. The van der Waals surface area contributed by atoms with Gasteiger partial charge in [-0.15, -0.1) is 0 Å². The largest absolute Gasteiger partial charge is 0.340 e. The van der Waals surface area contributed by atoms with Gasteiger partial charge in [0.2, 0.25) is 0 Å². The third kappa shape index (κ3) is 2.80. The molecule has 0 amide bonds. The highest BCUT2D eigenvalue weighted by Crippen LogP contribution is 2.12. The van der Waals surface area contributed by atoms with E-state index in [1.165, 1.54) is 0 Å². The number of nitrogens with zero attached hydrogens (tertiary/aromatic N) is 2. The molecule has 1 aromatic heterocycles. The van der Waals surface area contributed by atoms with Gasteiger partial charge in [-0.1, -0.05) is 0 Å². The van der Waals surface area contributed by atoms with Gasteiger partial charge in [0.05, 0.1) is 6.67 Å². The van der Waals surface area contributed by atoms with Gasteiger partial charge in [-0.25, -0.2) is 0 Å². The first-order valence-corrected chi connectivity index (χ1v) is 5.02. The molecule has 15 heavy (non-hydrogen) atoms. The highest BCUT2D eigenvalue weighted by Gasteiger charge is 2.07. The van der Waals surface area contributed by atoms with Crippen LogP contribution in [0.1, 0.15) is 23.4 Å². The zero-order valence-corrected chi connectivity index (χ0v) is 9.18. The highest BCUT2D eigenvalue weighted by molar-refractivity contribution is 5.33. The van der Waals surface area contributed by atoms with Crippen molar-refractivity contribution in [2.24, 2.45) is 7.05 Å². The summed E-state index contributed by atoms with van der Waals surface area (Å²) in [5.74, 6) is 0. The summed E-state index contributed by atoms with van der Waals surface area (Å²) in [6.07, 6.45) is 0.539. The van der Waals surface area contributed by atoms with E-state index in [9.17, 15) is 4.39 Å². The summed E-state index contributed by atoms with van der Waals surface area (Å²) in [7, 11) is 1.87. The minimum atomic E-state index is -0.287. The van der Waals surface area contributed by atoms with Gasteiger partial charge in [-0.2, -0.15) is 5.26 Å². The quantitative estimate of drug-likeness (QED) is 0.749. The molecule has 0 unspecified atom stereocenters. The van der Waals surface area contributed by atoms with Crippen LogP contribution in [0.15, 0.2) is 6.07 Å². The number of hydrogen-bond acceptors (Lipinski definition) is 2. The molecule has 1 heterocycles. The van der Waals surface area contributed by atoms with Crippen LogP contribution in [0.2, 0.25) is 0 Å². The second-order valence-corrected chi connectivity index (χ2v) is 3.53. The first-order chi connectivity index (χ1) is 7.20. The van der Waals surface area contributed by atoms with E-state index >= 15 is 0 Å². The van der Waals surface area contributed by atoms with Crippen LogP contribution >= 0.6 is 0 Å². The van der Waals surface area contributed by atoms with Crippen molar-refractivity contribution in [1.29, 1.82) is 5.26 Å². The molecule has 1 aromatic rings. The average Bonchev–Trinajstić information content (AvgIpc) is 2.52. The minimum absolute atomic E-state index is 0.287. The molecule has 0 fully saturated rings. The molecule has 0 aromatic carbocycles. The van der Waals surface area contributed by atoms with E-state index in [-0.39, 0.29) is 6.67 Å². The molecule has 0 saturated carbocycles. The third-order valence-corrected chi connectivity index (χ3v) is 2.56. The van der Waals surface area contributed by atoms with Crippen molar-refractivity contribution in [3.05, 3.63) is 23.0 Å². The van der Waals surface area contributed by atoms with E-state index in [0.29, 0.717) is 25.2 Å². The maximum absolute atomic E-state index is 11.8. The van der Waals surface area contributed by atoms with E-state index < -0.39 is 0 Å². The van der Waals surface area contributed by atoms with Crippen molar-refractivity contribution in [2.45, 2.75) is 19.9 Å². The molecule has 0 bridgehead atoms. The maximum Gasteiger partial charge on any atom is 0.120 e. The van der Waals surface area contributed by atoms with Crippen LogP contribution in [0.5, 0.6) is 0 Å². The second kappa shape index (κ2) is 5.52. The Labute approximate surface area is 89.5 Å². The molecule has 3 nitrogen and oxygen atoms in total. The van der Waals surface area contributed by atoms with Gasteiger partial charge in [0, 0.05) is 19.3 Å². The first-order valence-electron chi connectivity index (χ1n) is 5.02. The molecule has 0 atom stereocenters. The highest BCUT2D eigenvalue weighted by atomic mass is 19.1. The number of nitrogens with one attached hydrogen (secondary N) is 1. The number of aromatic nitrogens is 1. The zero-order valence-electron chi connectivity index (χ0n) is 9.18. The van der Waals surface area contributed by atoms with E-state index in [2.05, 4.69) is 11.4 Å². The van der Waals surface area contributed by atoms with Crippen molar-refractivity contribution >= 4 is 0 Å². The number of halogens is 1. The Morgan fingerprint density at radius 3 is 2.87 bits per heavy atom. The van der Waals surface area contributed by atoms with E-state index in [1.54, 1.807) is 0 Å². The molecule has 1 rings (SSSR count). The Bertz CT molecular complexity index is 363. The van der Waals surface area contributed by atoms with Crippen LogP contribution in [0.4, 0.5) is 4.39 Å². The predicted octanol–water partition coefficient (Wildman–Crippen LogP) is 1.65. The smallest absolute Gasteiger partial charge is 0.120 e. The molecule has 0 saturated heterocycles. The number of nitriles is 1. The lowest BCUT2D eigenvalue weighted by molar-refractivity contribution is 0.459. The molecular formula is C11H16FN3. The summed E-state index contributed by atoms with van der Waals surface area (Å²) in [5, 5.41) is 12.0. The van der Waals surface area contributed by atoms with Gasteiger partial charge < -0.3 is 9.88 Å². The summed E-state index contributed by atoms with van der Waals surface area (Å²) in [5.41, 5.74) is 2.85. The van der Waals surface area contributed by atoms with E-state index in [4.69, 9.17) is 5.26 Å². The Hall–Kier alpha value is -1.34. The van der Waals surface area contributed by atoms with Crippen LogP contribution in [0.25, 0.3) is 0 Å². The van der Waals surface area contributed by atoms with Crippen LogP contribution in [0, 0.1) is 18.3 Å². The van der Waals surface area contributed by atoms with Crippen molar-refractivity contribution in [1.82, 2.24) is 9.88 Å². The van der Waals surface area contributed by atoms with Gasteiger partial charge in [0.1, 0.15) is 11.8 Å². The first kappa shape index (κ1) is 11.7. The Morgan fingerprint density at radius 2 is 2.33 bits per heavy atom. The number of rotatable bonds is 5. The molecule has 0 radical (unpaired) electrons. The van der Waals surface area contributed by atoms with Crippen molar-refractivity contribution < 1.29 is 4.39 Å². The van der Waals surface area contributed by atoms with Crippen LogP contribution < -0.4 is 5.32 Å². The van der Waals surface area contributed by atoms with Crippen molar-refractivity contribution in [2.75, 3.05) is 13.2 Å². The summed E-state index contributed by atoms with van der Waals surface area (Å²) in [6.45, 7) is 3.06. The number of alkyl halides is 1. The SMILES string of the molecule is Cc1c(CNCCCF)cc(C#N)n1C. The van der Waals surface area contributed by atoms with Crippen LogP contribution in [-0.2, 0) is 13.6 Å². The van der Waals surface area contributed by atoms with Crippen molar-refractivity contribution in [3.63, 3.8) is 0 Å². The normalized spacial score (nSPS) is 10.3. The molecular weight excluding hydrogens is 193 g/mol. The van der Waals surface area contributed by atoms with Crippen molar-refractivity contribution in [3.8, 4) is 6.07 Å². The fourth-order valence-corrected chi connectivity index (χ4v) is 1.46. The minimum Gasteiger partial charge on any atom is -0.340 e. The Kier molecular flexibility index (Phi) is 4.32. The van der Waals surface area contributed by atoms with E-state index in [0.717, 1.165) is 11.3 Å². The molecule has 0 aliphatic heterocycles.